The molecule has 1 N–H and O–H groups in total. The van der Waals surface area contributed by atoms with Crippen molar-refractivity contribution < 1.29 is 8.42 Å². The van der Waals surface area contributed by atoms with E-state index in [9.17, 15) is 8.42 Å². The first-order chi connectivity index (χ1) is 9.51. The summed E-state index contributed by atoms with van der Waals surface area (Å²) in [5.41, 5.74) is 1.28. The van der Waals surface area contributed by atoms with E-state index in [-0.39, 0.29) is 11.4 Å². The van der Waals surface area contributed by atoms with Gasteiger partial charge in [0.25, 0.3) is 0 Å². The summed E-state index contributed by atoms with van der Waals surface area (Å²) < 4.78 is 27.6. The minimum absolute atomic E-state index is 0.145. The third kappa shape index (κ3) is 3.67. The SMILES string of the molecule is N#Cc1ccc(S(=O)(=O)NCc2cccc(Br)c2)cc1. The fourth-order valence-corrected chi connectivity index (χ4v) is 3.08. The summed E-state index contributed by atoms with van der Waals surface area (Å²) in [5, 5.41) is 8.69. The lowest BCUT2D eigenvalue weighted by Gasteiger charge is -2.07. The number of hydrogen-bond donors (Lipinski definition) is 1. The summed E-state index contributed by atoms with van der Waals surface area (Å²) in [4.78, 5) is 0.145. The zero-order valence-corrected chi connectivity index (χ0v) is 12.8. The first kappa shape index (κ1) is 14.7. The number of sulfonamides is 1. The molecular weight excluding hydrogens is 340 g/mol. The van der Waals surface area contributed by atoms with Crippen LogP contribution in [0.3, 0.4) is 0 Å². The molecule has 0 bridgehead atoms. The van der Waals surface area contributed by atoms with Gasteiger partial charge in [-0.05, 0) is 42.0 Å². The Morgan fingerprint density at radius 2 is 1.85 bits per heavy atom. The van der Waals surface area contributed by atoms with Gasteiger partial charge >= 0.3 is 0 Å². The van der Waals surface area contributed by atoms with Gasteiger partial charge in [0, 0.05) is 11.0 Å². The second-order valence-corrected chi connectivity index (χ2v) is 6.77. The van der Waals surface area contributed by atoms with E-state index >= 15 is 0 Å². The van der Waals surface area contributed by atoms with Crippen molar-refractivity contribution in [2.75, 3.05) is 0 Å². The molecule has 4 nitrogen and oxygen atoms in total. The Morgan fingerprint density at radius 3 is 2.45 bits per heavy atom. The highest BCUT2D eigenvalue weighted by molar-refractivity contribution is 9.10. The predicted octanol–water partition coefficient (Wildman–Crippen LogP) is 2.80. The molecule has 0 unspecified atom stereocenters. The number of benzene rings is 2. The maximum atomic E-state index is 12.1. The molecule has 0 fully saturated rings. The molecule has 0 heterocycles. The van der Waals surface area contributed by atoms with E-state index in [1.165, 1.54) is 24.3 Å². The number of rotatable bonds is 4. The first-order valence-electron chi connectivity index (χ1n) is 5.75. The van der Waals surface area contributed by atoms with Crippen LogP contribution in [0.2, 0.25) is 0 Å². The third-order valence-corrected chi connectivity index (χ3v) is 4.56. The van der Waals surface area contributed by atoms with Crippen LogP contribution >= 0.6 is 15.9 Å². The number of nitrogens with one attached hydrogen (secondary N) is 1. The van der Waals surface area contributed by atoms with Gasteiger partial charge in [0.2, 0.25) is 10.0 Å². The molecule has 2 aromatic rings. The Balaban J connectivity index is 2.13. The van der Waals surface area contributed by atoms with E-state index in [2.05, 4.69) is 20.7 Å². The monoisotopic (exact) mass is 350 g/mol. The van der Waals surface area contributed by atoms with Crippen molar-refractivity contribution in [1.29, 1.82) is 5.26 Å². The zero-order valence-electron chi connectivity index (χ0n) is 10.4. The highest BCUT2D eigenvalue weighted by Crippen LogP contribution is 2.13. The van der Waals surface area contributed by atoms with Crippen LogP contribution in [0.1, 0.15) is 11.1 Å². The van der Waals surface area contributed by atoms with Crippen LogP contribution in [0.15, 0.2) is 57.9 Å². The van der Waals surface area contributed by atoms with E-state index < -0.39 is 10.0 Å². The number of halogens is 1. The quantitative estimate of drug-likeness (QED) is 0.921. The molecule has 0 amide bonds. The molecular formula is C14H11BrN2O2S. The number of nitriles is 1. The normalized spacial score (nSPS) is 11.0. The van der Waals surface area contributed by atoms with Crippen molar-refractivity contribution in [3.05, 3.63) is 64.1 Å². The van der Waals surface area contributed by atoms with Crippen molar-refractivity contribution in [3.8, 4) is 6.07 Å². The standard InChI is InChI=1S/C14H11BrN2O2S/c15-13-3-1-2-12(8-13)10-17-20(18,19)14-6-4-11(9-16)5-7-14/h1-8,17H,10H2. The lowest BCUT2D eigenvalue weighted by molar-refractivity contribution is 0.581. The zero-order chi connectivity index (χ0) is 14.6. The number of nitrogens with zero attached hydrogens (tertiary/aromatic N) is 1. The summed E-state index contributed by atoms with van der Waals surface area (Å²) >= 11 is 3.34. The van der Waals surface area contributed by atoms with Crippen LogP contribution in [0.4, 0.5) is 0 Å². The molecule has 6 heteroatoms. The minimum atomic E-state index is -3.57. The van der Waals surface area contributed by atoms with Gasteiger partial charge in [0.15, 0.2) is 0 Å². The fourth-order valence-electron chi connectivity index (χ4n) is 1.62. The van der Waals surface area contributed by atoms with Gasteiger partial charge in [-0.3, -0.25) is 0 Å². The van der Waals surface area contributed by atoms with Gasteiger partial charge in [-0.1, -0.05) is 28.1 Å². The van der Waals surface area contributed by atoms with Crippen molar-refractivity contribution in [1.82, 2.24) is 4.72 Å². The van der Waals surface area contributed by atoms with Gasteiger partial charge in [-0.2, -0.15) is 5.26 Å². The van der Waals surface area contributed by atoms with E-state index in [1.54, 1.807) is 0 Å². The molecule has 0 radical (unpaired) electrons. The predicted molar refractivity (Wildman–Crippen MR) is 79.3 cm³/mol. The first-order valence-corrected chi connectivity index (χ1v) is 8.03. The van der Waals surface area contributed by atoms with Crippen LogP contribution in [0.25, 0.3) is 0 Å². The smallest absolute Gasteiger partial charge is 0.207 e. The molecule has 0 aliphatic carbocycles. The summed E-state index contributed by atoms with van der Waals surface area (Å²) in [7, 11) is -3.57. The van der Waals surface area contributed by atoms with Crippen LogP contribution in [0.5, 0.6) is 0 Å². The van der Waals surface area contributed by atoms with Crippen molar-refractivity contribution in [2.24, 2.45) is 0 Å². The minimum Gasteiger partial charge on any atom is -0.207 e. The van der Waals surface area contributed by atoms with Gasteiger partial charge in [-0.15, -0.1) is 0 Å². The maximum Gasteiger partial charge on any atom is 0.240 e. The van der Waals surface area contributed by atoms with Crippen molar-refractivity contribution >= 4 is 26.0 Å². The molecule has 0 aliphatic heterocycles. The lowest BCUT2D eigenvalue weighted by atomic mass is 10.2. The van der Waals surface area contributed by atoms with Gasteiger partial charge < -0.3 is 0 Å². The third-order valence-electron chi connectivity index (χ3n) is 2.65. The van der Waals surface area contributed by atoms with Crippen molar-refractivity contribution in [2.45, 2.75) is 11.4 Å². The molecule has 2 aromatic carbocycles. The van der Waals surface area contributed by atoms with E-state index in [4.69, 9.17) is 5.26 Å². The highest BCUT2D eigenvalue weighted by atomic mass is 79.9. The van der Waals surface area contributed by atoms with E-state index in [0.717, 1.165) is 10.0 Å². The molecule has 0 atom stereocenters. The Morgan fingerprint density at radius 1 is 1.15 bits per heavy atom. The van der Waals surface area contributed by atoms with E-state index in [1.807, 2.05) is 30.3 Å². The molecule has 20 heavy (non-hydrogen) atoms. The topological polar surface area (TPSA) is 70.0 Å². The van der Waals surface area contributed by atoms with Gasteiger partial charge in [-0.25, -0.2) is 13.1 Å². The molecule has 102 valence electrons. The Hall–Kier alpha value is -1.68. The molecule has 0 aliphatic rings. The number of hydrogen-bond acceptors (Lipinski definition) is 3. The largest absolute Gasteiger partial charge is 0.240 e. The Bertz CT molecular complexity index is 749. The molecule has 0 spiro atoms. The second-order valence-electron chi connectivity index (χ2n) is 4.09. The highest BCUT2D eigenvalue weighted by Gasteiger charge is 2.13. The lowest BCUT2D eigenvalue weighted by Crippen LogP contribution is -2.23. The molecule has 0 aromatic heterocycles. The average molecular weight is 351 g/mol. The summed E-state index contributed by atoms with van der Waals surface area (Å²) in [6.07, 6.45) is 0. The molecule has 0 saturated carbocycles. The fraction of sp³-hybridized carbons (Fsp3) is 0.0714. The van der Waals surface area contributed by atoms with Crippen LogP contribution in [-0.2, 0) is 16.6 Å². The van der Waals surface area contributed by atoms with Crippen molar-refractivity contribution in [3.63, 3.8) is 0 Å². The Labute approximate surface area is 126 Å². The van der Waals surface area contributed by atoms with Crippen LogP contribution in [-0.4, -0.2) is 8.42 Å². The summed E-state index contributed by atoms with van der Waals surface area (Å²) in [5.74, 6) is 0. The average Bonchev–Trinajstić information content (AvgIpc) is 2.45. The second kappa shape index (κ2) is 6.18. The molecule has 0 saturated heterocycles. The van der Waals surface area contributed by atoms with Gasteiger partial charge in [0.05, 0.1) is 16.5 Å². The molecule has 2 rings (SSSR count). The van der Waals surface area contributed by atoms with E-state index in [0.29, 0.717) is 5.56 Å². The van der Waals surface area contributed by atoms with Gasteiger partial charge in [0.1, 0.15) is 0 Å². The van der Waals surface area contributed by atoms with Crippen LogP contribution < -0.4 is 4.72 Å². The Kier molecular flexibility index (Phi) is 4.55. The maximum absolute atomic E-state index is 12.1. The summed E-state index contributed by atoms with van der Waals surface area (Å²) in [6.45, 7) is 0.210. The van der Waals surface area contributed by atoms with Crippen LogP contribution in [0, 0.1) is 11.3 Å². The summed E-state index contributed by atoms with van der Waals surface area (Å²) in [6, 6.07) is 15.1.